The highest BCUT2D eigenvalue weighted by atomic mass is 16.5. The third kappa shape index (κ3) is 7.94. The van der Waals surface area contributed by atoms with Gasteiger partial charge in [-0.15, -0.1) is 0 Å². The van der Waals surface area contributed by atoms with Crippen molar-refractivity contribution in [2.24, 2.45) is 0 Å². The Morgan fingerprint density at radius 2 is 1.14 bits per heavy atom. The Bertz CT molecular complexity index is 1310. The number of pyridine rings is 2. The average Bonchev–Trinajstić information content (AvgIpc) is 3.71. The van der Waals surface area contributed by atoms with Crippen molar-refractivity contribution >= 4 is 35.6 Å². The van der Waals surface area contributed by atoms with Crippen molar-refractivity contribution < 1.29 is 47.4 Å². The summed E-state index contributed by atoms with van der Waals surface area (Å²) in [5.41, 5.74) is 5.11. The summed E-state index contributed by atoms with van der Waals surface area (Å²) in [6.07, 6.45) is 8.70. The molecule has 2 aliphatic heterocycles. The predicted molar refractivity (Wildman–Crippen MR) is 151 cm³/mol. The van der Waals surface area contributed by atoms with E-state index in [2.05, 4.69) is 10.9 Å². The molecule has 2 aliphatic rings. The highest BCUT2D eigenvalue weighted by Crippen LogP contribution is 2.19. The van der Waals surface area contributed by atoms with Crippen molar-refractivity contribution in [1.29, 1.82) is 0 Å². The lowest BCUT2D eigenvalue weighted by atomic mass is 10.2. The Balaban J connectivity index is 1.31. The van der Waals surface area contributed by atoms with Crippen molar-refractivity contribution in [2.45, 2.75) is 64.7 Å². The molecule has 2 aromatic rings. The fraction of sp³-hybridized carbons (Fsp3) is 0.467. The van der Waals surface area contributed by atoms with E-state index in [0.29, 0.717) is 38.8 Å². The first kappa shape index (κ1) is 32.0. The molecule has 0 spiro atoms. The normalized spacial score (nSPS) is 17.6. The Morgan fingerprint density at radius 3 is 1.52 bits per heavy atom. The third-order valence-electron chi connectivity index (χ3n) is 7.43. The number of carbonyl (C=O) groups is 6. The van der Waals surface area contributed by atoms with Gasteiger partial charge in [0.1, 0.15) is 23.2 Å². The van der Waals surface area contributed by atoms with E-state index in [9.17, 15) is 28.8 Å². The molecule has 2 saturated heterocycles. The Labute approximate surface area is 254 Å². The first-order chi connectivity index (χ1) is 21.2. The maximum Gasteiger partial charge on any atom is 0.328 e. The quantitative estimate of drug-likeness (QED) is 0.206. The minimum Gasteiger partial charge on any atom is -0.464 e. The summed E-state index contributed by atoms with van der Waals surface area (Å²) in [7, 11) is 0. The van der Waals surface area contributed by atoms with Gasteiger partial charge in [-0.2, -0.15) is 9.13 Å². The van der Waals surface area contributed by atoms with Gasteiger partial charge in [0.05, 0.1) is 13.2 Å². The summed E-state index contributed by atoms with van der Waals surface area (Å²) in [5, 5.41) is 0. The molecule has 0 saturated carbocycles. The maximum absolute atomic E-state index is 12.9. The predicted octanol–water partition coefficient (Wildman–Crippen LogP) is -0.555. The van der Waals surface area contributed by atoms with Crippen LogP contribution in [0.3, 0.4) is 0 Å². The monoisotopic (exact) mass is 610 g/mol. The van der Waals surface area contributed by atoms with Crippen LogP contribution < -0.4 is 20.0 Å². The molecule has 0 radical (unpaired) electrons. The van der Waals surface area contributed by atoms with Gasteiger partial charge in [0.25, 0.3) is 23.6 Å². The number of hydrogen-bond donors (Lipinski definition) is 2. The maximum atomic E-state index is 12.9. The van der Waals surface area contributed by atoms with Gasteiger partial charge >= 0.3 is 11.9 Å². The van der Waals surface area contributed by atoms with Crippen LogP contribution in [0.1, 0.15) is 60.2 Å². The van der Waals surface area contributed by atoms with Crippen LogP contribution in [0.4, 0.5) is 0 Å². The number of hydrogen-bond acceptors (Lipinski definition) is 8. The average molecular weight is 611 g/mol. The van der Waals surface area contributed by atoms with E-state index >= 15 is 0 Å². The van der Waals surface area contributed by atoms with Crippen LogP contribution in [0, 0.1) is 0 Å². The van der Waals surface area contributed by atoms with Crippen molar-refractivity contribution in [3.63, 3.8) is 0 Å². The second kappa shape index (κ2) is 15.0. The summed E-state index contributed by atoms with van der Waals surface area (Å²) in [6, 6.07) is 5.04. The molecule has 2 aromatic heterocycles. The number of amides is 4. The summed E-state index contributed by atoms with van der Waals surface area (Å²) in [6.45, 7) is 4.65. The van der Waals surface area contributed by atoms with Gasteiger partial charge in [-0.3, -0.25) is 30.0 Å². The lowest BCUT2D eigenvalue weighted by molar-refractivity contribution is -0.685. The zero-order valence-corrected chi connectivity index (χ0v) is 24.9. The summed E-state index contributed by atoms with van der Waals surface area (Å²) < 4.78 is 13.2. The first-order valence-corrected chi connectivity index (χ1v) is 14.7. The highest BCUT2D eigenvalue weighted by Gasteiger charge is 2.37. The molecule has 2 N–H and O–H groups in total. The zero-order valence-electron chi connectivity index (χ0n) is 24.9. The molecular weight excluding hydrogens is 572 g/mol. The Kier molecular flexibility index (Phi) is 10.9. The molecule has 14 heteroatoms. The van der Waals surface area contributed by atoms with Crippen LogP contribution >= 0.6 is 0 Å². The molecule has 0 bridgehead atoms. The molecule has 4 rings (SSSR count). The molecule has 2 fully saturated rings. The van der Waals surface area contributed by atoms with Gasteiger partial charge in [-0.1, -0.05) is 0 Å². The van der Waals surface area contributed by atoms with E-state index < -0.39 is 35.8 Å². The first-order valence-electron chi connectivity index (χ1n) is 14.7. The minimum absolute atomic E-state index is 0.0793. The van der Waals surface area contributed by atoms with Gasteiger partial charge in [0, 0.05) is 25.2 Å². The fourth-order valence-corrected chi connectivity index (χ4v) is 5.36. The van der Waals surface area contributed by atoms with Crippen LogP contribution in [0.2, 0.25) is 0 Å². The highest BCUT2D eigenvalue weighted by molar-refractivity contribution is 5.98. The molecule has 0 aliphatic carbocycles. The van der Waals surface area contributed by atoms with Gasteiger partial charge in [0.2, 0.25) is 13.1 Å². The van der Waals surface area contributed by atoms with Crippen molar-refractivity contribution in [1.82, 2.24) is 20.7 Å². The van der Waals surface area contributed by atoms with Crippen LogP contribution in [-0.2, 0) is 41.7 Å². The summed E-state index contributed by atoms with van der Waals surface area (Å²) in [5.74, 6) is -2.59. The number of hydrazine groups is 1. The van der Waals surface area contributed by atoms with E-state index in [4.69, 9.17) is 9.47 Å². The van der Waals surface area contributed by atoms with Gasteiger partial charge < -0.3 is 19.3 Å². The molecule has 234 valence electrons. The minimum atomic E-state index is -0.610. The Hall–Kier alpha value is -4.88. The zero-order chi connectivity index (χ0) is 31.6. The third-order valence-corrected chi connectivity index (χ3v) is 7.43. The van der Waals surface area contributed by atoms with E-state index in [-0.39, 0.29) is 49.2 Å². The van der Waals surface area contributed by atoms with Crippen molar-refractivity contribution in [2.75, 3.05) is 26.3 Å². The molecule has 4 amide bonds. The number of nitrogens with one attached hydrogen (secondary N) is 2. The molecule has 4 heterocycles. The second-order valence-electron chi connectivity index (χ2n) is 10.4. The smallest absolute Gasteiger partial charge is 0.328 e. The van der Waals surface area contributed by atoms with Crippen molar-refractivity contribution in [3.05, 3.63) is 60.2 Å². The standard InChI is InChI=1S/C30H36N6O8/c1-3-43-29(41)23-11-7-15-35(23)25(37)19-33-13-5-9-21(17-33)27(39)31-32-28(40)22-10-6-14-34(18-22)20-26(38)36-16-8-12-24(36)30(42)44-4-2/h5-6,9-10,13-14,17-18,23-24H,3-4,7-8,11-12,15-16,19-20H2,1-2H3/p+2. The molecular formula is C30H38N6O8+2. The summed E-state index contributed by atoms with van der Waals surface area (Å²) in [4.78, 5) is 78.9. The number of aromatic nitrogens is 2. The van der Waals surface area contributed by atoms with Gasteiger partial charge in [0.15, 0.2) is 24.8 Å². The summed E-state index contributed by atoms with van der Waals surface area (Å²) >= 11 is 0. The molecule has 44 heavy (non-hydrogen) atoms. The number of ether oxygens (including phenoxy) is 2. The lowest BCUT2D eigenvalue weighted by Gasteiger charge is -2.21. The largest absolute Gasteiger partial charge is 0.464 e. The van der Waals surface area contributed by atoms with Crippen LogP contribution in [0.25, 0.3) is 0 Å². The SMILES string of the molecule is CCOC(=O)C1CCCN1C(=O)C[n+]1cccc(C(=O)NNC(=O)c2ccc[n+](CC(=O)N3CCCC3C(=O)OCC)c2)c1. The molecule has 14 nitrogen and oxygen atoms in total. The van der Waals surface area contributed by atoms with Gasteiger partial charge in [-0.05, 0) is 51.7 Å². The molecule has 0 aromatic carbocycles. The van der Waals surface area contributed by atoms with Crippen LogP contribution in [0.15, 0.2) is 49.1 Å². The van der Waals surface area contributed by atoms with E-state index in [1.165, 1.54) is 43.5 Å². The second-order valence-corrected chi connectivity index (χ2v) is 10.4. The lowest BCUT2D eigenvalue weighted by Crippen LogP contribution is -2.49. The van der Waals surface area contributed by atoms with Gasteiger partial charge in [-0.25, -0.2) is 9.59 Å². The number of carbonyl (C=O) groups excluding carboxylic acids is 6. The number of esters is 2. The Morgan fingerprint density at radius 1 is 0.727 bits per heavy atom. The van der Waals surface area contributed by atoms with E-state index in [0.717, 1.165) is 0 Å². The van der Waals surface area contributed by atoms with Crippen LogP contribution in [0.5, 0.6) is 0 Å². The van der Waals surface area contributed by atoms with E-state index in [1.807, 2.05) is 0 Å². The number of rotatable bonds is 10. The fourth-order valence-electron chi connectivity index (χ4n) is 5.36. The van der Waals surface area contributed by atoms with Crippen LogP contribution in [-0.4, -0.2) is 83.8 Å². The molecule has 2 unspecified atom stereocenters. The number of likely N-dealkylation sites (tertiary alicyclic amines) is 2. The molecule has 2 atom stereocenters. The van der Waals surface area contributed by atoms with E-state index in [1.54, 1.807) is 38.4 Å². The topological polar surface area (TPSA) is 159 Å². The van der Waals surface area contributed by atoms with Crippen molar-refractivity contribution in [3.8, 4) is 0 Å². The number of nitrogens with zero attached hydrogens (tertiary/aromatic N) is 4.